The number of anilines is 1. The van der Waals surface area contributed by atoms with Crippen molar-refractivity contribution in [3.63, 3.8) is 0 Å². The molecule has 1 heterocycles. The van der Waals surface area contributed by atoms with E-state index in [2.05, 4.69) is 15.3 Å². The number of nitrogens with zero attached hydrogens (tertiary/aromatic N) is 2. The van der Waals surface area contributed by atoms with Crippen LogP contribution in [0.5, 0.6) is 0 Å². The van der Waals surface area contributed by atoms with Crippen molar-refractivity contribution in [2.75, 3.05) is 11.9 Å². The summed E-state index contributed by atoms with van der Waals surface area (Å²) in [5, 5.41) is 3.21. The van der Waals surface area contributed by atoms with Gasteiger partial charge in [-0.25, -0.2) is 14.8 Å². The molecule has 1 fully saturated rings. The molecule has 1 saturated carbocycles. The van der Waals surface area contributed by atoms with Crippen LogP contribution in [0, 0.1) is 5.92 Å². The lowest BCUT2D eigenvalue weighted by Crippen LogP contribution is -2.25. The first-order chi connectivity index (χ1) is 8.44. The van der Waals surface area contributed by atoms with Crippen LogP contribution in [0.3, 0.4) is 0 Å². The quantitative estimate of drug-likeness (QED) is 0.829. The van der Waals surface area contributed by atoms with E-state index in [1.165, 1.54) is 12.8 Å². The Morgan fingerprint density at radius 3 is 2.83 bits per heavy atom. The Labute approximate surface area is 107 Å². The fourth-order valence-electron chi connectivity index (χ4n) is 1.45. The summed E-state index contributed by atoms with van der Waals surface area (Å²) in [5.41, 5.74) is -0.530. The Hall–Kier alpha value is -1.65. The van der Waals surface area contributed by atoms with Crippen LogP contribution >= 0.6 is 0 Å². The van der Waals surface area contributed by atoms with Gasteiger partial charge in [-0.3, -0.25) is 0 Å². The predicted octanol–water partition coefficient (Wildman–Crippen LogP) is 2.25. The molecule has 0 bridgehead atoms. The van der Waals surface area contributed by atoms with Crippen LogP contribution in [0.1, 0.15) is 44.2 Å². The third-order valence-corrected chi connectivity index (χ3v) is 2.51. The van der Waals surface area contributed by atoms with Crippen molar-refractivity contribution in [3.05, 3.63) is 18.1 Å². The summed E-state index contributed by atoms with van der Waals surface area (Å²) in [6, 6.07) is 1.76. The van der Waals surface area contributed by atoms with Crippen LogP contribution < -0.4 is 5.32 Å². The molecule has 5 heteroatoms. The van der Waals surface area contributed by atoms with Crippen molar-refractivity contribution in [2.24, 2.45) is 5.92 Å². The summed E-state index contributed by atoms with van der Waals surface area (Å²) in [5.74, 6) is 1.05. The number of hydrogen-bond acceptors (Lipinski definition) is 5. The van der Waals surface area contributed by atoms with Crippen molar-refractivity contribution < 1.29 is 9.53 Å². The first-order valence-electron chi connectivity index (χ1n) is 6.24. The number of ether oxygens (including phenoxy) is 1. The molecule has 0 aromatic carbocycles. The van der Waals surface area contributed by atoms with Crippen LogP contribution in [0.4, 0.5) is 5.82 Å². The van der Waals surface area contributed by atoms with Crippen LogP contribution in [0.2, 0.25) is 0 Å². The van der Waals surface area contributed by atoms with Gasteiger partial charge < -0.3 is 10.1 Å². The van der Waals surface area contributed by atoms with Gasteiger partial charge in [0.25, 0.3) is 0 Å². The number of carbonyl (C=O) groups is 1. The zero-order valence-corrected chi connectivity index (χ0v) is 11.1. The highest BCUT2D eigenvalue weighted by Gasteiger charge is 2.22. The Morgan fingerprint density at radius 2 is 2.22 bits per heavy atom. The lowest BCUT2D eigenvalue weighted by atomic mass is 10.2. The number of hydrogen-bond donors (Lipinski definition) is 1. The Kier molecular flexibility index (Phi) is 3.50. The molecule has 1 aromatic heterocycles. The summed E-state index contributed by atoms with van der Waals surface area (Å²) >= 11 is 0. The monoisotopic (exact) mass is 249 g/mol. The predicted molar refractivity (Wildman–Crippen MR) is 68.4 cm³/mol. The summed E-state index contributed by atoms with van der Waals surface area (Å²) in [6.07, 6.45) is 4.12. The van der Waals surface area contributed by atoms with Gasteiger partial charge in [0.15, 0.2) is 0 Å². The second-order valence-electron chi connectivity index (χ2n) is 5.59. The topological polar surface area (TPSA) is 64.1 Å². The SMILES string of the molecule is CC(C)(C)OC(=O)c1nccc(NCC2CC2)n1. The van der Waals surface area contributed by atoms with E-state index in [1.807, 2.05) is 20.8 Å². The molecule has 0 radical (unpaired) electrons. The van der Waals surface area contributed by atoms with Gasteiger partial charge in [0, 0.05) is 12.7 Å². The van der Waals surface area contributed by atoms with Gasteiger partial charge in [-0.05, 0) is 45.6 Å². The van der Waals surface area contributed by atoms with Gasteiger partial charge >= 0.3 is 5.97 Å². The minimum atomic E-state index is -0.530. The van der Waals surface area contributed by atoms with Gasteiger partial charge in [0.05, 0.1) is 0 Å². The van der Waals surface area contributed by atoms with E-state index in [1.54, 1.807) is 12.3 Å². The number of esters is 1. The molecule has 0 saturated heterocycles. The molecular formula is C13H19N3O2. The lowest BCUT2D eigenvalue weighted by Gasteiger charge is -2.18. The normalized spacial score (nSPS) is 15.3. The maximum absolute atomic E-state index is 11.8. The third-order valence-electron chi connectivity index (χ3n) is 2.51. The molecule has 18 heavy (non-hydrogen) atoms. The maximum Gasteiger partial charge on any atom is 0.376 e. The van der Waals surface area contributed by atoms with Crippen molar-refractivity contribution >= 4 is 11.8 Å². The summed E-state index contributed by atoms with van der Waals surface area (Å²) < 4.78 is 5.22. The molecule has 1 aliphatic carbocycles. The standard InChI is InChI=1S/C13H19N3O2/c1-13(2,3)18-12(17)11-14-7-6-10(16-11)15-8-9-4-5-9/h6-7,9H,4-5,8H2,1-3H3,(H,14,15,16). The number of aromatic nitrogens is 2. The molecule has 0 aliphatic heterocycles. The van der Waals surface area contributed by atoms with Crippen molar-refractivity contribution in [3.8, 4) is 0 Å². The van der Waals surface area contributed by atoms with Gasteiger partial charge in [0.2, 0.25) is 5.82 Å². The highest BCUT2D eigenvalue weighted by Crippen LogP contribution is 2.28. The molecule has 1 aliphatic rings. The second kappa shape index (κ2) is 4.92. The van der Waals surface area contributed by atoms with E-state index >= 15 is 0 Å². The first kappa shape index (κ1) is 12.8. The van der Waals surface area contributed by atoms with Crippen LogP contribution in [0.15, 0.2) is 12.3 Å². The van der Waals surface area contributed by atoms with E-state index in [4.69, 9.17) is 4.74 Å². The molecule has 1 aromatic rings. The summed E-state index contributed by atoms with van der Waals surface area (Å²) in [4.78, 5) is 19.9. The van der Waals surface area contributed by atoms with E-state index < -0.39 is 11.6 Å². The molecule has 5 nitrogen and oxygen atoms in total. The van der Waals surface area contributed by atoms with Gasteiger partial charge in [-0.1, -0.05) is 0 Å². The van der Waals surface area contributed by atoms with E-state index in [0.29, 0.717) is 5.82 Å². The molecule has 0 amide bonds. The van der Waals surface area contributed by atoms with Gasteiger partial charge in [-0.15, -0.1) is 0 Å². The molecule has 98 valence electrons. The average molecular weight is 249 g/mol. The molecule has 1 N–H and O–H groups in total. The minimum absolute atomic E-state index is 0.103. The Balaban J connectivity index is 1.98. The molecule has 2 rings (SSSR count). The molecule has 0 atom stereocenters. The maximum atomic E-state index is 11.8. The first-order valence-corrected chi connectivity index (χ1v) is 6.24. The Morgan fingerprint density at radius 1 is 1.50 bits per heavy atom. The second-order valence-corrected chi connectivity index (χ2v) is 5.59. The van der Waals surface area contributed by atoms with E-state index in [-0.39, 0.29) is 5.82 Å². The number of rotatable bonds is 4. The smallest absolute Gasteiger partial charge is 0.376 e. The lowest BCUT2D eigenvalue weighted by molar-refractivity contribution is 0.00557. The zero-order chi connectivity index (χ0) is 13.2. The van der Waals surface area contributed by atoms with Crippen molar-refractivity contribution in [1.82, 2.24) is 9.97 Å². The van der Waals surface area contributed by atoms with E-state index in [9.17, 15) is 4.79 Å². The van der Waals surface area contributed by atoms with Gasteiger partial charge in [-0.2, -0.15) is 0 Å². The average Bonchev–Trinajstić information content (AvgIpc) is 3.08. The van der Waals surface area contributed by atoms with Crippen LogP contribution in [-0.4, -0.2) is 28.1 Å². The highest BCUT2D eigenvalue weighted by molar-refractivity contribution is 5.85. The number of carbonyl (C=O) groups excluding carboxylic acids is 1. The summed E-state index contributed by atoms with van der Waals surface area (Å²) in [6.45, 7) is 6.37. The number of nitrogens with one attached hydrogen (secondary N) is 1. The van der Waals surface area contributed by atoms with Crippen LogP contribution in [0.25, 0.3) is 0 Å². The van der Waals surface area contributed by atoms with Gasteiger partial charge in [0.1, 0.15) is 11.4 Å². The highest BCUT2D eigenvalue weighted by atomic mass is 16.6. The largest absolute Gasteiger partial charge is 0.454 e. The molecule has 0 spiro atoms. The summed E-state index contributed by atoms with van der Waals surface area (Å²) in [7, 11) is 0. The third kappa shape index (κ3) is 3.98. The van der Waals surface area contributed by atoms with E-state index in [0.717, 1.165) is 12.5 Å². The van der Waals surface area contributed by atoms with Crippen LogP contribution in [-0.2, 0) is 4.74 Å². The fraction of sp³-hybridized carbons (Fsp3) is 0.615. The van der Waals surface area contributed by atoms with Crippen molar-refractivity contribution in [2.45, 2.75) is 39.2 Å². The fourth-order valence-corrected chi connectivity index (χ4v) is 1.45. The zero-order valence-electron chi connectivity index (χ0n) is 11.1. The minimum Gasteiger partial charge on any atom is -0.454 e. The molecule has 0 unspecified atom stereocenters. The Bertz CT molecular complexity index is 436. The molecular weight excluding hydrogens is 230 g/mol. The van der Waals surface area contributed by atoms with Crippen molar-refractivity contribution in [1.29, 1.82) is 0 Å².